The van der Waals surface area contributed by atoms with Gasteiger partial charge in [-0.3, -0.25) is 19.2 Å². The molecule has 0 saturated heterocycles. The second-order valence-corrected chi connectivity index (χ2v) is 9.64. The number of fused-ring (bicyclic) bond motifs is 1. The van der Waals surface area contributed by atoms with Crippen LogP contribution in [0.4, 0.5) is 0 Å². The van der Waals surface area contributed by atoms with Crippen LogP contribution in [-0.4, -0.2) is 80.2 Å². The Morgan fingerprint density at radius 1 is 0.805 bits per heavy atom. The minimum absolute atomic E-state index is 0.0496. The summed E-state index contributed by atoms with van der Waals surface area (Å²) in [6.45, 7) is 1.26. The SMILES string of the molecule is CC(O)C(N)C(=O)NC(CC(=O)O)C(=O)NC(Cc1ccccc1)C(=O)NC(Cc1c[nH]c2ccccc12)C(=O)O. The Morgan fingerprint density at radius 3 is 2.02 bits per heavy atom. The van der Waals surface area contributed by atoms with E-state index in [9.17, 15) is 39.3 Å². The van der Waals surface area contributed by atoms with E-state index in [1.165, 1.54) is 6.92 Å². The molecule has 3 aromatic rings. The normalized spacial score (nSPS) is 14.7. The summed E-state index contributed by atoms with van der Waals surface area (Å²) in [5, 5.41) is 36.7. The summed E-state index contributed by atoms with van der Waals surface area (Å²) in [6.07, 6.45) is -0.551. The molecule has 5 atom stereocenters. The van der Waals surface area contributed by atoms with Gasteiger partial charge in [0.15, 0.2) is 0 Å². The molecule has 0 saturated carbocycles. The van der Waals surface area contributed by atoms with E-state index in [1.807, 2.05) is 18.2 Å². The van der Waals surface area contributed by atoms with Gasteiger partial charge in [-0.15, -0.1) is 0 Å². The van der Waals surface area contributed by atoms with Crippen LogP contribution in [0.25, 0.3) is 10.9 Å². The van der Waals surface area contributed by atoms with E-state index in [-0.39, 0.29) is 12.8 Å². The fourth-order valence-electron chi connectivity index (χ4n) is 4.20. The number of carboxylic acid groups (broad SMARTS) is 2. The number of para-hydroxylation sites is 1. The quantitative estimate of drug-likeness (QED) is 0.128. The standard InChI is InChI=1S/C28H33N5O8/c1-15(34)24(29)27(39)32-21(13-23(35)36)26(38)31-20(11-16-7-3-2-4-8-16)25(37)33-22(28(40)41)12-17-14-30-19-10-6-5-9-18(17)19/h2-10,14-15,20-22,24,30,34H,11-13,29H2,1H3,(H,31,38)(H,32,39)(H,33,37)(H,35,36)(H,40,41). The number of nitrogens with two attached hydrogens (primary N) is 1. The molecule has 2 aromatic carbocycles. The van der Waals surface area contributed by atoms with Gasteiger partial charge in [0.2, 0.25) is 17.7 Å². The highest BCUT2D eigenvalue weighted by Crippen LogP contribution is 2.19. The van der Waals surface area contributed by atoms with Gasteiger partial charge in [0.1, 0.15) is 24.2 Å². The first-order valence-electron chi connectivity index (χ1n) is 12.8. The summed E-state index contributed by atoms with van der Waals surface area (Å²) in [7, 11) is 0. The predicted octanol–water partition coefficient (Wildman–Crippen LogP) is -0.325. The van der Waals surface area contributed by atoms with E-state index in [2.05, 4.69) is 20.9 Å². The zero-order valence-corrected chi connectivity index (χ0v) is 22.2. The van der Waals surface area contributed by atoms with Crippen molar-refractivity contribution in [1.29, 1.82) is 0 Å². The molecule has 13 heteroatoms. The van der Waals surface area contributed by atoms with Crippen molar-refractivity contribution in [3.63, 3.8) is 0 Å². The van der Waals surface area contributed by atoms with Crippen LogP contribution in [-0.2, 0) is 36.8 Å². The number of nitrogens with one attached hydrogen (secondary N) is 4. The second kappa shape index (κ2) is 14.1. The Balaban J connectivity index is 1.82. The molecule has 0 fully saturated rings. The number of aromatic nitrogens is 1. The Kier molecular flexibility index (Phi) is 10.6. The number of benzene rings is 2. The van der Waals surface area contributed by atoms with Crippen molar-refractivity contribution in [3.05, 3.63) is 71.9 Å². The van der Waals surface area contributed by atoms with Gasteiger partial charge in [-0.2, -0.15) is 0 Å². The van der Waals surface area contributed by atoms with Crippen LogP contribution < -0.4 is 21.7 Å². The highest BCUT2D eigenvalue weighted by molar-refractivity contribution is 5.96. The third kappa shape index (κ3) is 8.62. The van der Waals surface area contributed by atoms with Crippen LogP contribution in [0.2, 0.25) is 0 Å². The number of hydrogen-bond donors (Lipinski definition) is 8. The summed E-state index contributed by atoms with van der Waals surface area (Å²) < 4.78 is 0. The number of rotatable bonds is 14. The first-order chi connectivity index (χ1) is 19.5. The number of carboxylic acids is 2. The van der Waals surface area contributed by atoms with E-state index in [0.717, 1.165) is 10.9 Å². The van der Waals surface area contributed by atoms with Crippen molar-refractivity contribution in [2.45, 2.75) is 56.5 Å². The molecule has 1 aromatic heterocycles. The number of aliphatic hydroxyl groups excluding tert-OH is 1. The molecule has 9 N–H and O–H groups in total. The number of aliphatic carboxylic acids is 2. The van der Waals surface area contributed by atoms with Gasteiger partial charge in [-0.25, -0.2) is 4.79 Å². The molecule has 3 amide bonds. The molecule has 0 bridgehead atoms. The monoisotopic (exact) mass is 567 g/mol. The third-order valence-electron chi connectivity index (χ3n) is 6.46. The summed E-state index contributed by atoms with van der Waals surface area (Å²) in [6, 6.07) is 10.1. The Bertz CT molecular complexity index is 1390. The van der Waals surface area contributed by atoms with Crippen molar-refractivity contribution >= 4 is 40.6 Å². The van der Waals surface area contributed by atoms with Crippen molar-refractivity contribution in [1.82, 2.24) is 20.9 Å². The number of hydrogen-bond acceptors (Lipinski definition) is 7. The minimum atomic E-state index is -1.63. The molecular weight excluding hydrogens is 534 g/mol. The molecule has 5 unspecified atom stereocenters. The van der Waals surface area contributed by atoms with Gasteiger partial charge in [-0.1, -0.05) is 48.5 Å². The average Bonchev–Trinajstić information content (AvgIpc) is 3.34. The maximum atomic E-state index is 13.4. The third-order valence-corrected chi connectivity index (χ3v) is 6.46. The number of amides is 3. The smallest absolute Gasteiger partial charge is 0.326 e. The highest BCUT2D eigenvalue weighted by Gasteiger charge is 2.32. The molecule has 3 rings (SSSR count). The molecule has 1 heterocycles. The Hall–Kier alpha value is -4.75. The molecule has 0 aliphatic carbocycles. The van der Waals surface area contributed by atoms with E-state index < -0.39 is 66.4 Å². The molecule has 0 aliphatic heterocycles. The van der Waals surface area contributed by atoms with Crippen LogP contribution in [0, 0.1) is 0 Å². The zero-order chi connectivity index (χ0) is 30.1. The maximum Gasteiger partial charge on any atom is 0.326 e. The van der Waals surface area contributed by atoms with Crippen LogP contribution in [0.3, 0.4) is 0 Å². The van der Waals surface area contributed by atoms with E-state index in [0.29, 0.717) is 11.1 Å². The van der Waals surface area contributed by atoms with Gasteiger partial charge in [0, 0.05) is 29.9 Å². The van der Waals surface area contributed by atoms with E-state index >= 15 is 0 Å². The lowest BCUT2D eigenvalue weighted by Crippen LogP contribution is -2.59. The van der Waals surface area contributed by atoms with Crippen LogP contribution >= 0.6 is 0 Å². The molecule has 0 spiro atoms. The van der Waals surface area contributed by atoms with Crippen LogP contribution in [0.5, 0.6) is 0 Å². The largest absolute Gasteiger partial charge is 0.481 e. The average molecular weight is 568 g/mol. The van der Waals surface area contributed by atoms with Crippen LogP contribution in [0.1, 0.15) is 24.5 Å². The summed E-state index contributed by atoms with van der Waals surface area (Å²) in [5.41, 5.74) is 7.69. The van der Waals surface area contributed by atoms with Gasteiger partial charge in [0.25, 0.3) is 0 Å². The number of carbonyl (C=O) groups excluding carboxylic acids is 3. The number of H-pyrrole nitrogens is 1. The number of aliphatic hydroxyl groups is 1. The van der Waals surface area contributed by atoms with Crippen molar-refractivity contribution in [2.24, 2.45) is 5.73 Å². The number of aromatic amines is 1. The lowest BCUT2D eigenvalue weighted by molar-refractivity contribution is -0.143. The predicted molar refractivity (Wildman–Crippen MR) is 147 cm³/mol. The minimum Gasteiger partial charge on any atom is -0.481 e. The fourth-order valence-corrected chi connectivity index (χ4v) is 4.20. The van der Waals surface area contributed by atoms with Gasteiger partial charge < -0.3 is 42.0 Å². The lowest BCUT2D eigenvalue weighted by atomic mass is 10.0. The first-order valence-corrected chi connectivity index (χ1v) is 12.8. The molecule has 41 heavy (non-hydrogen) atoms. The molecule has 218 valence electrons. The van der Waals surface area contributed by atoms with Gasteiger partial charge >= 0.3 is 11.9 Å². The van der Waals surface area contributed by atoms with Crippen molar-refractivity contribution < 1.29 is 39.3 Å². The van der Waals surface area contributed by atoms with Gasteiger partial charge in [-0.05, 0) is 24.1 Å². The van der Waals surface area contributed by atoms with E-state index in [1.54, 1.807) is 42.6 Å². The molecular formula is C28H33N5O8. The summed E-state index contributed by atoms with van der Waals surface area (Å²) >= 11 is 0. The Morgan fingerprint density at radius 2 is 1.39 bits per heavy atom. The highest BCUT2D eigenvalue weighted by atomic mass is 16.4. The fraction of sp³-hybridized carbons (Fsp3) is 0.321. The maximum absolute atomic E-state index is 13.4. The summed E-state index contributed by atoms with van der Waals surface area (Å²) in [4.78, 5) is 65.5. The molecule has 0 aliphatic rings. The Labute approximate surface area is 235 Å². The van der Waals surface area contributed by atoms with Crippen molar-refractivity contribution in [3.8, 4) is 0 Å². The lowest BCUT2D eigenvalue weighted by Gasteiger charge is -2.25. The topological polar surface area (TPSA) is 224 Å². The second-order valence-electron chi connectivity index (χ2n) is 9.64. The van der Waals surface area contributed by atoms with Crippen molar-refractivity contribution in [2.75, 3.05) is 0 Å². The van der Waals surface area contributed by atoms with E-state index in [4.69, 9.17) is 5.73 Å². The zero-order valence-electron chi connectivity index (χ0n) is 22.2. The molecule has 13 nitrogen and oxygen atoms in total. The first kappa shape index (κ1) is 30.8. The number of carbonyl (C=O) groups is 5. The molecule has 0 radical (unpaired) electrons. The van der Waals surface area contributed by atoms with Gasteiger partial charge in [0.05, 0.1) is 12.5 Å². The summed E-state index contributed by atoms with van der Waals surface area (Å²) in [5.74, 6) is -5.50. The van der Waals surface area contributed by atoms with Crippen LogP contribution in [0.15, 0.2) is 60.8 Å².